The minimum Gasteiger partial charge on any atom is -0.490 e. The molecule has 0 bridgehead atoms. The number of ether oxygens (including phenoxy) is 1. The van der Waals surface area contributed by atoms with Crippen LogP contribution in [0.2, 0.25) is 0 Å². The second-order valence-corrected chi connectivity index (χ2v) is 6.78. The molecular formula is C21H21NO3S. The van der Waals surface area contributed by atoms with Crippen molar-refractivity contribution in [2.75, 3.05) is 12.9 Å². The SMILES string of the molecule is C=CCOc1ccc2[nH]c(C(Cc3ccccc3)C(=O)O)c(SC)c2c1. The first-order valence-electron chi connectivity index (χ1n) is 8.34. The summed E-state index contributed by atoms with van der Waals surface area (Å²) in [4.78, 5) is 16.3. The molecule has 3 rings (SSSR count). The Bertz CT molecular complexity index is 918. The summed E-state index contributed by atoms with van der Waals surface area (Å²) in [6.07, 6.45) is 4.10. The second kappa shape index (κ2) is 8.15. The summed E-state index contributed by atoms with van der Waals surface area (Å²) in [6, 6.07) is 15.5. The molecule has 26 heavy (non-hydrogen) atoms. The molecule has 1 unspecified atom stereocenters. The first-order valence-corrected chi connectivity index (χ1v) is 9.56. The predicted octanol–water partition coefficient (Wildman–Crippen LogP) is 4.87. The zero-order valence-corrected chi connectivity index (χ0v) is 15.4. The van der Waals surface area contributed by atoms with Crippen molar-refractivity contribution in [2.45, 2.75) is 17.2 Å². The molecule has 0 aliphatic heterocycles. The lowest BCUT2D eigenvalue weighted by Crippen LogP contribution is -2.15. The summed E-state index contributed by atoms with van der Waals surface area (Å²) in [6.45, 7) is 4.09. The van der Waals surface area contributed by atoms with E-state index in [1.54, 1.807) is 17.8 Å². The lowest BCUT2D eigenvalue weighted by atomic mass is 9.96. The molecule has 0 spiro atoms. The highest BCUT2D eigenvalue weighted by Gasteiger charge is 2.26. The number of carbonyl (C=O) groups is 1. The average Bonchev–Trinajstić information content (AvgIpc) is 3.02. The molecule has 1 aromatic heterocycles. The number of benzene rings is 2. The van der Waals surface area contributed by atoms with Gasteiger partial charge in [0.05, 0.1) is 0 Å². The predicted molar refractivity (Wildman–Crippen MR) is 106 cm³/mol. The molecule has 3 aromatic rings. The smallest absolute Gasteiger partial charge is 0.312 e. The molecule has 5 heteroatoms. The maximum atomic E-state index is 12.0. The Morgan fingerprint density at radius 2 is 2.08 bits per heavy atom. The Hall–Kier alpha value is -2.66. The van der Waals surface area contributed by atoms with E-state index in [0.29, 0.717) is 13.0 Å². The van der Waals surface area contributed by atoms with Crippen molar-refractivity contribution < 1.29 is 14.6 Å². The fourth-order valence-electron chi connectivity index (χ4n) is 3.04. The van der Waals surface area contributed by atoms with Gasteiger partial charge < -0.3 is 14.8 Å². The van der Waals surface area contributed by atoms with Gasteiger partial charge >= 0.3 is 5.97 Å². The number of hydrogen-bond donors (Lipinski definition) is 2. The minimum absolute atomic E-state index is 0.434. The van der Waals surface area contributed by atoms with Crippen LogP contribution in [-0.4, -0.2) is 28.9 Å². The van der Waals surface area contributed by atoms with Crippen LogP contribution in [0.1, 0.15) is 17.2 Å². The van der Waals surface area contributed by atoms with E-state index in [0.717, 1.165) is 32.8 Å². The van der Waals surface area contributed by atoms with E-state index in [-0.39, 0.29) is 0 Å². The van der Waals surface area contributed by atoms with Crippen molar-refractivity contribution in [1.82, 2.24) is 4.98 Å². The van der Waals surface area contributed by atoms with E-state index in [4.69, 9.17) is 4.74 Å². The van der Waals surface area contributed by atoms with Gasteiger partial charge in [-0.2, -0.15) is 0 Å². The topological polar surface area (TPSA) is 62.3 Å². The Balaban J connectivity index is 2.03. The van der Waals surface area contributed by atoms with Gasteiger partial charge in [0.15, 0.2) is 0 Å². The fraction of sp³-hybridized carbons (Fsp3) is 0.190. The molecule has 0 saturated carbocycles. The normalized spacial score (nSPS) is 12.0. The van der Waals surface area contributed by atoms with Crippen LogP contribution in [0.5, 0.6) is 5.75 Å². The quantitative estimate of drug-likeness (QED) is 0.441. The van der Waals surface area contributed by atoms with Crippen LogP contribution in [0.4, 0.5) is 0 Å². The molecule has 0 saturated heterocycles. The number of carboxylic acid groups (broad SMARTS) is 1. The van der Waals surface area contributed by atoms with E-state index in [9.17, 15) is 9.90 Å². The maximum absolute atomic E-state index is 12.0. The number of H-pyrrole nitrogens is 1. The van der Waals surface area contributed by atoms with Gasteiger partial charge in [-0.25, -0.2) is 0 Å². The van der Waals surface area contributed by atoms with Crippen molar-refractivity contribution in [1.29, 1.82) is 0 Å². The van der Waals surface area contributed by atoms with Gasteiger partial charge in [-0.3, -0.25) is 4.79 Å². The van der Waals surface area contributed by atoms with Crippen molar-refractivity contribution in [3.05, 3.63) is 72.4 Å². The minimum atomic E-state index is -0.834. The van der Waals surface area contributed by atoms with Crippen LogP contribution < -0.4 is 4.74 Å². The lowest BCUT2D eigenvalue weighted by Gasteiger charge is -2.13. The summed E-state index contributed by atoms with van der Waals surface area (Å²) < 4.78 is 5.62. The third kappa shape index (κ3) is 3.78. The van der Waals surface area contributed by atoms with Gasteiger partial charge in [-0.15, -0.1) is 11.8 Å². The molecule has 0 fully saturated rings. The number of aromatic amines is 1. The number of nitrogens with one attached hydrogen (secondary N) is 1. The van der Waals surface area contributed by atoms with E-state index < -0.39 is 11.9 Å². The summed E-state index contributed by atoms with van der Waals surface area (Å²) in [7, 11) is 0. The van der Waals surface area contributed by atoms with Crippen molar-refractivity contribution in [3.63, 3.8) is 0 Å². The van der Waals surface area contributed by atoms with Gasteiger partial charge in [-0.05, 0) is 36.4 Å². The van der Waals surface area contributed by atoms with Crippen molar-refractivity contribution >= 4 is 28.6 Å². The van der Waals surface area contributed by atoms with Crippen LogP contribution in [0.15, 0.2) is 66.1 Å². The van der Waals surface area contributed by atoms with Gasteiger partial charge in [0.25, 0.3) is 0 Å². The number of fused-ring (bicyclic) bond motifs is 1. The summed E-state index contributed by atoms with van der Waals surface area (Å²) in [5.41, 5.74) is 2.65. The molecule has 0 aliphatic carbocycles. The molecule has 0 radical (unpaired) electrons. The van der Waals surface area contributed by atoms with E-state index >= 15 is 0 Å². The molecule has 0 amide bonds. The number of rotatable bonds is 8. The lowest BCUT2D eigenvalue weighted by molar-refractivity contribution is -0.138. The molecule has 2 N–H and O–H groups in total. The standard InChI is InChI=1S/C21H21NO3S/c1-3-11-25-15-9-10-18-16(13-15)20(26-2)19(22-18)17(21(23)24)12-14-7-5-4-6-8-14/h3-10,13,17,22H,1,11-12H2,2H3,(H,23,24). The largest absolute Gasteiger partial charge is 0.490 e. The summed E-state index contributed by atoms with van der Waals surface area (Å²) in [5.74, 6) is -0.725. The summed E-state index contributed by atoms with van der Waals surface area (Å²) in [5, 5.41) is 10.8. The second-order valence-electron chi connectivity index (χ2n) is 5.96. The molecular weight excluding hydrogens is 346 g/mol. The highest BCUT2D eigenvalue weighted by molar-refractivity contribution is 7.98. The molecule has 1 atom stereocenters. The fourth-order valence-corrected chi connectivity index (χ4v) is 3.84. The highest BCUT2D eigenvalue weighted by Crippen LogP contribution is 2.37. The zero-order chi connectivity index (χ0) is 18.5. The number of hydrogen-bond acceptors (Lipinski definition) is 3. The Kier molecular flexibility index (Phi) is 5.68. The van der Waals surface area contributed by atoms with Gasteiger partial charge in [0.2, 0.25) is 0 Å². The number of carboxylic acids is 1. The first-order chi connectivity index (χ1) is 12.6. The van der Waals surface area contributed by atoms with Crippen LogP contribution in [0.25, 0.3) is 10.9 Å². The van der Waals surface area contributed by atoms with E-state index in [2.05, 4.69) is 11.6 Å². The zero-order valence-electron chi connectivity index (χ0n) is 14.6. The molecule has 134 valence electrons. The molecule has 4 nitrogen and oxygen atoms in total. The Labute approximate surface area is 156 Å². The van der Waals surface area contributed by atoms with Gasteiger partial charge in [0.1, 0.15) is 18.3 Å². The highest BCUT2D eigenvalue weighted by atomic mass is 32.2. The Morgan fingerprint density at radius 1 is 1.31 bits per heavy atom. The van der Waals surface area contributed by atoms with Crippen molar-refractivity contribution in [3.8, 4) is 5.75 Å². The van der Waals surface area contributed by atoms with Crippen LogP contribution in [0.3, 0.4) is 0 Å². The number of aliphatic carboxylic acids is 1. The number of thioether (sulfide) groups is 1. The summed E-state index contributed by atoms with van der Waals surface area (Å²) >= 11 is 1.55. The van der Waals surface area contributed by atoms with Crippen LogP contribution in [-0.2, 0) is 11.2 Å². The molecule has 2 aromatic carbocycles. The van der Waals surface area contributed by atoms with E-state index in [1.165, 1.54) is 0 Å². The third-order valence-corrected chi connectivity index (χ3v) is 5.10. The van der Waals surface area contributed by atoms with Crippen LogP contribution >= 0.6 is 11.8 Å². The van der Waals surface area contributed by atoms with Gasteiger partial charge in [0, 0.05) is 21.5 Å². The average molecular weight is 367 g/mol. The first kappa shape index (κ1) is 18.1. The molecule has 1 heterocycles. The van der Waals surface area contributed by atoms with Gasteiger partial charge in [-0.1, -0.05) is 43.0 Å². The number of aromatic nitrogens is 1. The van der Waals surface area contributed by atoms with Crippen molar-refractivity contribution in [2.24, 2.45) is 0 Å². The maximum Gasteiger partial charge on any atom is 0.312 e. The van der Waals surface area contributed by atoms with Crippen LogP contribution in [0, 0.1) is 0 Å². The Morgan fingerprint density at radius 3 is 2.73 bits per heavy atom. The third-order valence-electron chi connectivity index (χ3n) is 4.25. The van der Waals surface area contributed by atoms with E-state index in [1.807, 2.05) is 54.8 Å². The molecule has 0 aliphatic rings. The monoisotopic (exact) mass is 367 g/mol.